The van der Waals surface area contributed by atoms with Crippen LogP contribution in [0.3, 0.4) is 0 Å². The van der Waals surface area contributed by atoms with Crippen LogP contribution < -0.4 is 0 Å². The lowest BCUT2D eigenvalue weighted by molar-refractivity contribution is -0.142. The third-order valence-corrected chi connectivity index (χ3v) is 6.05. The molecule has 0 aliphatic carbocycles. The maximum atomic E-state index is 13.1. The summed E-state index contributed by atoms with van der Waals surface area (Å²) in [5, 5.41) is 2.76. The van der Waals surface area contributed by atoms with Crippen molar-refractivity contribution in [1.29, 1.82) is 0 Å². The SMILES string of the molecule is CC(=O)N(CC(=O)N1CCc2sccc2[C@H]1c1ccc(Cl)cc1)C(C)C. The molecule has 0 unspecified atom stereocenters. The normalized spacial score (nSPS) is 16.5. The predicted molar refractivity (Wildman–Crippen MR) is 106 cm³/mol. The standard InChI is InChI=1S/C20H23ClN2O2S/c1-13(2)23(14(3)24)12-19(25)22-10-8-18-17(9-11-26-18)20(22)15-4-6-16(21)7-5-15/h4-7,9,11,13,20H,8,10,12H2,1-3H3/t20-/m1/s1. The second kappa shape index (κ2) is 7.80. The maximum Gasteiger partial charge on any atom is 0.243 e. The number of benzene rings is 1. The van der Waals surface area contributed by atoms with Crippen molar-refractivity contribution in [2.75, 3.05) is 13.1 Å². The van der Waals surface area contributed by atoms with E-state index in [-0.39, 0.29) is 30.4 Å². The van der Waals surface area contributed by atoms with Crippen molar-refractivity contribution >= 4 is 34.8 Å². The van der Waals surface area contributed by atoms with E-state index in [1.54, 1.807) is 16.2 Å². The van der Waals surface area contributed by atoms with E-state index in [2.05, 4.69) is 11.4 Å². The van der Waals surface area contributed by atoms with Crippen LogP contribution in [0, 0.1) is 0 Å². The van der Waals surface area contributed by atoms with Gasteiger partial charge in [-0.15, -0.1) is 11.3 Å². The molecule has 1 aromatic carbocycles. The third-order valence-electron chi connectivity index (χ3n) is 4.81. The second-order valence-corrected chi connectivity index (χ2v) is 8.27. The van der Waals surface area contributed by atoms with Gasteiger partial charge in [-0.05, 0) is 55.0 Å². The molecule has 2 amide bonds. The molecule has 26 heavy (non-hydrogen) atoms. The first-order chi connectivity index (χ1) is 12.4. The van der Waals surface area contributed by atoms with Gasteiger partial charge in [-0.3, -0.25) is 9.59 Å². The van der Waals surface area contributed by atoms with Crippen LogP contribution in [0.5, 0.6) is 0 Å². The number of carbonyl (C=O) groups is 2. The van der Waals surface area contributed by atoms with Crippen LogP contribution in [-0.2, 0) is 16.0 Å². The molecular weight excluding hydrogens is 368 g/mol. The van der Waals surface area contributed by atoms with Crippen molar-refractivity contribution in [2.45, 2.75) is 39.3 Å². The molecule has 0 saturated heterocycles. The Hall–Kier alpha value is -1.85. The smallest absolute Gasteiger partial charge is 0.243 e. The molecule has 2 heterocycles. The number of carbonyl (C=O) groups excluding carboxylic acids is 2. The van der Waals surface area contributed by atoms with Gasteiger partial charge in [0.25, 0.3) is 0 Å². The molecule has 0 fully saturated rings. The van der Waals surface area contributed by atoms with Crippen molar-refractivity contribution in [3.05, 3.63) is 56.7 Å². The molecule has 2 aromatic rings. The molecule has 0 bridgehead atoms. The van der Waals surface area contributed by atoms with Crippen LogP contribution >= 0.6 is 22.9 Å². The van der Waals surface area contributed by atoms with Gasteiger partial charge in [-0.2, -0.15) is 0 Å². The number of thiophene rings is 1. The lowest BCUT2D eigenvalue weighted by atomic mass is 9.93. The molecule has 1 aliphatic heterocycles. The number of halogens is 1. The molecule has 6 heteroatoms. The van der Waals surface area contributed by atoms with Crippen molar-refractivity contribution in [2.24, 2.45) is 0 Å². The molecule has 0 N–H and O–H groups in total. The van der Waals surface area contributed by atoms with Gasteiger partial charge in [0, 0.05) is 29.4 Å². The van der Waals surface area contributed by atoms with Gasteiger partial charge in [-0.25, -0.2) is 0 Å². The summed E-state index contributed by atoms with van der Waals surface area (Å²) in [6, 6.07) is 9.63. The number of hydrogen-bond donors (Lipinski definition) is 0. The Labute approximate surface area is 163 Å². The summed E-state index contributed by atoms with van der Waals surface area (Å²) in [5.74, 6) is -0.102. The van der Waals surface area contributed by atoms with E-state index in [4.69, 9.17) is 11.6 Å². The van der Waals surface area contributed by atoms with Crippen LogP contribution in [0.1, 0.15) is 42.8 Å². The molecule has 1 aromatic heterocycles. The minimum Gasteiger partial charge on any atom is -0.331 e. The molecule has 1 atom stereocenters. The van der Waals surface area contributed by atoms with Crippen molar-refractivity contribution in [3.8, 4) is 0 Å². The van der Waals surface area contributed by atoms with Gasteiger partial charge in [0.15, 0.2) is 0 Å². The Morgan fingerprint density at radius 1 is 1.27 bits per heavy atom. The van der Waals surface area contributed by atoms with E-state index in [9.17, 15) is 9.59 Å². The molecule has 0 saturated carbocycles. The largest absolute Gasteiger partial charge is 0.331 e. The van der Waals surface area contributed by atoms with E-state index in [1.807, 2.05) is 43.0 Å². The zero-order valence-corrected chi connectivity index (χ0v) is 16.8. The first kappa shape index (κ1) is 18.9. The molecule has 4 nitrogen and oxygen atoms in total. The first-order valence-electron chi connectivity index (χ1n) is 8.77. The molecule has 138 valence electrons. The number of amides is 2. The fraction of sp³-hybridized carbons (Fsp3) is 0.400. The number of rotatable bonds is 4. The average molecular weight is 391 g/mol. The van der Waals surface area contributed by atoms with Crippen molar-refractivity contribution in [1.82, 2.24) is 9.80 Å². The minimum absolute atomic E-state index is 0.00747. The first-order valence-corrected chi connectivity index (χ1v) is 10.0. The highest BCUT2D eigenvalue weighted by Crippen LogP contribution is 2.38. The Morgan fingerprint density at radius 2 is 1.96 bits per heavy atom. The molecule has 0 radical (unpaired) electrons. The van der Waals surface area contributed by atoms with Crippen LogP contribution in [0.4, 0.5) is 0 Å². The summed E-state index contributed by atoms with van der Waals surface area (Å²) in [7, 11) is 0. The molecule has 0 spiro atoms. The van der Waals surface area contributed by atoms with E-state index >= 15 is 0 Å². The van der Waals surface area contributed by atoms with Crippen LogP contribution in [0.2, 0.25) is 5.02 Å². The number of fused-ring (bicyclic) bond motifs is 1. The Bertz CT molecular complexity index is 800. The minimum atomic E-state index is -0.129. The summed E-state index contributed by atoms with van der Waals surface area (Å²) < 4.78 is 0. The lowest BCUT2D eigenvalue weighted by Crippen LogP contribution is -2.48. The van der Waals surface area contributed by atoms with Crippen LogP contribution in [-0.4, -0.2) is 40.7 Å². The zero-order valence-electron chi connectivity index (χ0n) is 15.2. The average Bonchev–Trinajstić information content (AvgIpc) is 3.07. The van der Waals surface area contributed by atoms with Crippen LogP contribution in [0.15, 0.2) is 35.7 Å². The topological polar surface area (TPSA) is 40.6 Å². The van der Waals surface area contributed by atoms with Crippen molar-refractivity contribution < 1.29 is 9.59 Å². The second-order valence-electron chi connectivity index (χ2n) is 6.83. The van der Waals surface area contributed by atoms with Gasteiger partial charge in [0.05, 0.1) is 12.6 Å². The predicted octanol–water partition coefficient (Wildman–Crippen LogP) is 4.13. The highest BCUT2D eigenvalue weighted by Gasteiger charge is 2.33. The lowest BCUT2D eigenvalue weighted by Gasteiger charge is -2.38. The fourth-order valence-corrected chi connectivity index (χ4v) is 4.51. The highest BCUT2D eigenvalue weighted by atomic mass is 35.5. The Kier molecular flexibility index (Phi) is 5.68. The van der Waals surface area contributed by atoms with Gasteiger partial charge >= 0.3 is 0 Å². The maximum absolute atomic E-state index is 13.1. The third kappa shape index (κ3) is 3.79. The van der Waals surface area contributed by atoms with E-state index in [0.29, 0.717) is 11.6 Å². The quantitative estimate of drug-likeness (QED) is 0.787. The van der Waals surface area contributed by atoms with E-state index < -0.39 is 0 Å². The fourth-order valence-electron chi connectivity index (χ4n) is 3.48. The summed E-state index contributed by atoms with van der Waals surface area (Å²) in [6.07, 6.45) is 0.852. The summed E-state index contributed by atoms with van der Waals surface area (Å²) >= 11 is 7.78. The van der Waals surface area contributed by atoms with Gasteiger partial charge in [0.2, 0.25) is 11.8 Å². The molecule has 1 aliphatic rings. The van der Waals surface area contributed by atoms with Gasteiger partial charge in [-0.1, -0.05) is 23.7 Å². The summed E-state index contributed by atoms with van der Waals surface area (Å²) in [6.45, 7) is 6.13. The van der Waals surface area contributed by atoms with Crippen molar-refractivity contribution in [3.63, 3.8) is 0 Å². The van der Waals surface area contributed by atoms with E-state index in [1.165, 1.54) is 17.4 Å². The van der Waals surface area contributed by atoms with E-state index in [0.717, 1.165) is 12.0 Å². The van der Waals surface area contributed by atoms with Gasteiger partial charge in [0.1, 0.15) is 0 Å². The molecular formula is C20H23ClN2O2S. The molecule has 3 rings (SSSR count). The Balaban J connectivity index is 1.93. The number of hydrogen-bond acceptors (Lipinski definition) is 3. The highest BCUT2D eigenvalue weighted by molar-refractivity contribution is 7.10. The monoisotopic (exact) mass is 390 g/mol. The summed E-state index contributed by atoms with van der Waals surface area (Å²) in [5.41, 5.74) is 2.22. The summed E-state index contributed by atoms with van der Waals surface area (Å²) in [4.78, 5) is 29.8. The Morgan fingerprint density at radius 3 is 2.58 bits per heavy atom. The number of nitrogens with zero attached hydrogens (tertiary/aromatic N) is 2. The zero-order chi connectivity index (χ0) is 18.8. The van der Waals surface area contributed by atoms with Gasteiger partial charge < -0.3 is 9.80 Å². The van der Waals surface area contributed by atoms with Crippen LogP contribution in [0.25, 0.3) is 0 Å².